The number of carboxylic acids is 1. The molecular formula is C12H14FNO4. The molecule has 0 aliphatic carbocycles. The highest BCUT2D eigenvalue weighted by atomic mass is 19.1. The summed E-state index contributed by atoms with van der Waals surface area (Å²) < 4.78 is 17.9. The number of carbonyl (C=O) groups excluding carboxylic acids is 1. The van der Waals surface area contributed by atoms with Gasteiger partial charge in [-0.2, -0.15) is 0 Å². The first-order valence-corrected chi connectivity index (χ1v) is 5.45. The summed E-state index contributed by atoms with van der Waals surface area (Å²) in [6, 6.07) is 3.14. The zero-order valence-electron chi connectivity index (χ0n) is 9.90. The third kappa shape index (κ3) is 4.14. The van der Waals surface area contributed by atoms with Crippen molar-refractivity contribution < 1.29 is 23.8 Å². The molecule has 1 rings (SSSR count). The van der Waals surface area contributed by atoms with E-state index in [0.717, 1.165) is 18.6 Å². The van der Waals surface area contributed by atoms with E-state index in [2.05, 4.69) is 5.32 Å². The molecule has 2 N–H and O–H groups in total. The molecule has 0 unspecified atom stereocenters. The van der Waals surface area contributed by atoms with Gasteiger partial charge in [-0.3, -0.25) is 4.79 Å². The van der Waals surface area contributed by atoms with Crippen LogP contribution in [0.25, 0.3) is 0 Å². The Morgan fingerprint density at radius 1 is 1.44 bits per heavy atom. The lowest BCUT2D eigenvalue weighted by molar-refractivity contribution is -0.120. The molecule has 1 amide bonds. The molecule has 1 aromatic carbocycles. The van der Waals surface area contributed by atoms with Crippen molar-refractivity contribution in [2.45, 2.75) is 13.3 Å². The molecule has 0 saturated heterocycles. The molecule has 5 nitrogen and oxygen atoms in total. The second kappa shape index (κ2) is 6.70. The molecule has 6 heteroatoms. The van der Waals surface area contributed by atoms with E-state index in [4.69, 9.17) is 9.84 Å². The van der Waals surface area contributed by atoms with Crippen LogP contribution in [0.15, 0.2) is 18.2 Å². The van der Waals surface area contributed by atoms with E-state index in [0.29, 0.717) is 6.61 Å². The Kier molecular flexibility index (Phi) is 5.26. The Balaban J connectivity index is 2.72. The Bertz CT molecular complexity index is 448. The van der Waals surface area contributed by atoms with Crippen LogP contribution in [0.4, 0.5) is 10.1 Å². The van der Waals surface area contributed by atoms with Crippen LogP contribution < -0.4 is 5.32 Å². The van der Waals surface area contributed by atoms with Crippen molar-refractivity contribution in [2.24, 2.45) is 0 Å². The predicted molar refractivity (Wildman–Crippen MR) is 63.1 cm³/mol. The highest BCUT2D eigenvalue weighted by Crippen LogP contribution is 2.17. The Morgan fingerprint density at radius 3 is 2.78 bits per heavy atom. The Hall–Kier alpha value is -1.95. The molecular weight excluding hydrogens is 241 g/mol. The smallest absolute Gasteiger partial charge is 0.337 e. The maximum atomic E-state index is 12.9. The second-order valence-corrected chi connectivity index (χ2v) is 3.60. The summed E-state index contributed by atoms with van der Waals surface area (Å²) in [6.07, 6.45) is 0.782. The normalized spacial score (nSPS) is 10.1. The molecule has 0 aliphatic rings. The van der Waals surface area contributed by atoms with E-state index in [1.165, 1.54) is 6.07 Å². The lowest BCUT2D eigenvalue weighted by Crippen LogP contribution is -2.20. The van der Waals surface area contributed by atoms with Gasteiger partial charge in [0.05, 0.1) is 11.3 Å². The van der Waals surface area contributed by atoms with Crippen LogP contribution in [-0.4, -0.2) is 30.2 Å². The van der Waals surface area contributed by atoms with E-state index >= 15 is 0 Å². The molecule has 0 heterocycles. The molecule has 98 valence electrons. The fourth-order valence-corrected chi connectivity index (χ4v) is 1.30. The molecule has 18 heavy (non-hydrogen) atoms. The topological polar surface area (TPSA) is 75.6 Å². The number of halogens is 1. The fourth-order valence-electron chi connectivity index (χ4n) is 1.30. The number of rotatable bonds is 6. The van der Waals surface area contributed by atoms with E-state index in [1.54, 1.807) is 0 Å². The van der Waals surface area contributed by atoms with Crippen molar-refractivity contribution in [3.8, 4) is 0 Å². The van der Waals surface area contributed by atoms with Gasteiger partial charge in [0, 0.05) is 6.61 Å². The molecule has 0 fully saturated rings. The van der Waals surface area contributed by atoms with Crippen LogP contribution in [-0.2, 0) is 9.53 Å². The minimum absolute atomic E-state index is 0.0500. The standard InChI is InChI=1S/C12H14FNO4/c1-2-5-18-7-11(15)14-10-4-3-8(13)6-9(10)12(16)17/h3-4,6H,2,5,7H2,1H3,(H,14,15)(H,16,17). The van der Waals surface area contributed by atoms with Crippen molar-refractivity contribution in [1.29, 1.82) is 0 Å². The van der Waals surface area contributed by atoms with Gasteiger partial charge in [0.1, 0.15) is 12.4 Å². The lowest BCUT2D eigenvalue weighted by atomic mass is 10.1. The summed E-state index contributed by atoms with van der Waals surface area (Å²) in [5.74, 6) is -2.45. The van der Waals surface area contributed by atoms with Crippen molar-refractivity contribution in [1.82, 2.24) is 0 Å². The number of benzene rings is 1. The van der Waals surface area contributed by atoms with Crippen LogP contribution >= 0.6 is 0 Å². The maximum absolute atomic E-state index is 12.9. The van der Waals surface area contributed by atoms with Crippen LogP contribution in [0.5, 0.6) is 0 Å². The highest BCUT2D eigenvalue weighted by molar-refractivity contribution is 6.00. The van der Waals surface area contributed by atoms with Gasteiger partial charge >= 0.3 is 5.97 Å². The van der Waals surface area contributed by atoms with Gasteiger partial charge < -0.3 is 15.2 Å². The quantitative estimate of drug-likeness (QED) is 0.761. The first kappa shape index (κ1) is 14.1. The average Bonchev–Trinajstić information content (AvgIpc) is 2.31. The van der Waals surface area contributed by atoms with E-state index in [-0.39, 0.29) is 17.9 Å². The first-order chi connectivity index (χ1) is 8.54. The van der Waals surface area contributed by atoms with Gasteiger partial charge in [0.25, 0.3) is 0 Å². The summed E-state index contributed by atoms with van der Waals surface area (Å²) in [6.45, 7) is 2.19. The summed E-state index contributed by atoms with van der Waals surface area (Å²) in [7, 11) is 0. The number of carboxylic acid groups (broad SMARTS) is 1. The summed E-state index contributed by atoms with van der Waals surface area (Å²) in [5, 5.41) is 11.2. The third-order valence-corrected chi connectivity index (χ3v) is 2.07. The van der Waals surface area contributed by atoms with Crippen molar-refractivity contribution >= 4 is 17.6 Å². The van der Waals surface area contributed by atoms with E-state index in [1.807, 2.05) is 6.92 Å². The van der Waals surface area contributed by atoms with Gasteiger partial charge in [-0.1, -0.05) is 6.92 Å². The van der Waals surface area contributed by atoms with E-state index in [9.17, 15) is 14.0 Å². The summed E-state index contributed by atoms with van der Waals surface area (Å²) >= 11 is 0. The van der Waals surface area contributed by atoms with Gasteiger partial charge in [0.15, 0.2) is 0 Å². The zero-order chi connectivity index (χ0) is 13.5. The largest absolute Gasteiger partial charge is 0.478 e. The van der Waals surface area contributed by atoms with Gasteiger partial charge in [-0.15, -0.1) is 0 Å². The number of hydrogen-bond acceptors (Lipinski definition) is 3. The molecule has 0 bridgehead atoms. The van der Waals surface area contributed by atoms with Crippen LogP contribution in [0.1, 0.15) is 23.7 Å². The molecule has 1 aromatic rings. The van der Waals surface area contributed by atoms with Crippen LogP contribution in [0, 0.1) is 5.82 Å². The minimum Gasteiger partial charge on any atom is -0.478 e. The van der Waals surface area contributed by atoms with Gasteiger partial charge in [0.2, 0.25) is 5.91 Å². The monoisotopic (exact) mass is 255 g/mol. The number of ether oxygens (including phenoxy) is 1. The Morgan fingerprint density at radius 2 is 2.17 bits per heavy atom. The first-order valence-electron chi connectivity index (χ1n) is 5.45. The van der Waals surface area contributed by atoms with Crippen LogP contribution in [0.2, 0.25) is 0 Å². The van der Waals surface area contributed by atoms with Gasteiger partial charge in [-0.25, -0.2) is 9.18 Å². The predicted octanol–water partition coefficient (Wildman–Crippen LogP) is 1.89. The minimum atomic E-state index is -1.31. The number of hydrogen-bond donors (Lipinski definition) is 2. The molecule has 0 saturated carbocycles. The fraction of sp³-hybridized carbons (Fsp3) is 0.333. The zero-order valence-corrected chi connectivity index (χ0v) is 9.90. The number of anilines is 1. The van der Waals surface area contributed by atoms with Crippen molar-refractivity contribution in [2.75, 3.05) is 18.5 Å². The lowest BCUT2D eigenvalue weighted by Gasteiger charge is -2.08. The SMILES string of the molecule is CCCOCC(=O)Nc1ccc(F)cc1C(=O)O. The van der Waals surface area contributed by atoms with Crippen molar-refractivity contribution in [3.05, 3.63) is 29.6 Å². The second-order valence-electron chi connectivity index (χ2n) is 3.60. The van der Waals surface area contributed by atoms with Crippen molar-refractivity contribution in [3.63, 3.8) is 0 Å². The number of carbonyl (C=O) groups is 2. The molecule has 0 atom stereocenters. The molecule has 0 spiro atoms. The third-order valence-electron chi connectivity index (χ3n) is 2.07. The summed E-state index contributed by atoms with van der Waals surface area (Å²) in [5.41, 5.74) is -0.243. The summed E-state index contributed by atoms with van der Waals surface area (Å²) in [4.78, 5) is 22.3. The number of nitrogens with one attached hydrogen (secondary N) is 1. The molecule has 0 aliphatic heterocycles. The van der Waals surface area contributed by atoms with Crippen LogP contribution in [0.3, 0.4) is 0 Å². The van der Waals surface area contributed by atoms with Gasteiger partial charge in [-0.05, 0) is 24.6 Å². The molecule has 0 radical (unpaired) electrons. The highest BCUT2D eigenvalue weighted by Gasteiger charge is 2.13. The molecule has 0 aromatic heterocycles. The maximum Gasteiger partial charge on any atom is 0.337 e. The average molecular weight is 255 g/mol. The Labute approximate surface area is 104 Å². The number of amides is 1. The van der Waals surface area contributed by atoms with E-state index < -0.39 is 17.7 Å². The number of aromatic carboxylic acids is 1.